The standard InChI is InChI=1S/C17H27NO3/c1-4-5-15(10-18-9-13(2)3)19-11-14-6-7-16-17(8-14)21-12-20-16/h6-8,13,15,18H,4-5,9-12H2,1-3H3. The van der Waals surface area contributed by atoms with E-state index >= 15 is 0 Å². The molecule has 0 radical (unpaired) electrons. The zero-order valence-electron chi connectivity index (χ0n) is 13.4. The molecule has 1 aliphatic heterocycles. The number of hydrogen-bond acceptors (Lipinski definition) is 4. The Bertz CT molecular complexity index is 434. The summed E-state index contributed by atoms with van der Waals surface area (Å²) in [4.78, 5) is 0. The fourth-order valence-electron chi connectivity index (χ4n) is 2.34. The van der Waals surface area contributed by atoms with Crippen molar-refractivity contribution in [1.82, 2.24) is 5.32 Å². The van der Waals surface area contributed by atoms with Gasteiger partial charge in [-0.3, -0.25) is 0 Å². The summed E-state index contributed by atoms with van der Waals surface area (Å²) in [7, 11) is 0. The summed E-state index contributed by atoms with van der Waals surface area (Å²) in [5, 5.41) is 3.48. The van der Waals surface area contributed by atoms with Crippen molar-refractivity contribution in [3.05, 3.63) is 23.8 Å². The summed E-state index contributed by atoms with van der Waals surface area (Å²) < 4.78 is 16.8. The second kappa shape index (κ2) is 8.25. The quantitative estimate of drug-likeness (QED) is 0.758. The van der Waals surface area contributed by atoms with Gasteiger partial charge in [-0.1, -0.05) is 33.3 Å². The Morgan fingerprint density at radius 3 is 2.76 bits per heavy atom. The van der Waals surface area contributed by atoms with Gasteiger partial charge >= 0.3 is 0 Å². The first-order valence-corrected chi connectivity index (χ1v) is 7.90. The molecule has 1 atom stereocenters. The Labute approximate surface area is 127 Å². The smallest absolute Gasteiger partial charge is 0.231 e. The molecular formula is C17H27NO3. The monoisotopic (exact) mass is 293 g/mol. The van der Waals surface area contributed by atoms with Crippen molar-refractivity contribution >= 4 is 0 Å². The van der Waals surface area contributed by atoms with E-state index in [1.54, 1.807) is 0 Å². The number of rotatable bonds is 9. The Hall–Kier alpha value is -1.26. The van der Waals surface area contributed by atoms with Gasteiger partial charge in [0.05, 0.1) is 12.7 Å². The van der Waals surface area contributed by atoms with E-state index < -0.39 is 0 Å². The number of fused-ring (bicyclic) bond motifs is 1. The van der Waals surface area contributed by atoms with Gasteiger partial charge in [0, 0.05) is 6.54 Å². The zero-order valence-corrected chi connectivity index (χ0v) is 13.4. The Morgan fingerprint density at radius 2 is 2.00 bits per heavy atom. The van der Waals surface area contributed by atoms with E-state index in [-0.39, 0.29) is 6.10 Å². The van der Waals surface area contributed by atoms with E-state index in [9.17, 15) is 0 Å². The minimum absolute atomic E-state index is 0.263. The molecule has 4 heteroatoms. The van der Waals surface area contributed by atoms with Gasteiger partial charge in [-0.2, -0.15) is 0 Å². The van der Waals surface area contributed by atoms with Crippen molar-refractivity contribution in [2.45, 2.75) is 46.3 Å². The number of benzene rings is 1. The van der Waals surface area contributed by atoms with Crippen LogP contribution < -0.4 is 14.8 Å². The van der Waals surface area contributed by atoms with Gasteiger partial charge in [-0.25, -0.2) is 0 Å². The lowest BCUT2D eigenvalue weighted by molar-refractivity contribution is 0.0344. The molecule has 21 heavy (non-hydrogen) atoms. The molecule has 0 aliphatic carbocycles. The molecule has 2 rings (SSSR count). The van der Waals surface area contributed by atoms with Gasteiger partial charge in [0.15, 0.2) is 11.5 Å². The second-order valence-electron chi connectivity index (χ2n) is 5.96. The highest BCUT2D eigenvalue weighted by Crippen LogP contribution is 2.32. The van der Waals surface area contributed by atoms with Gasteiger partial charge in [0.1, 0.15) is 0 Å². The molecule has 1 unspecified atom stereocenters. The highest BCUT2D eigenvalue weighted by molar-refractivity contribution is 5.44. The van der Waals surface area contributed by atoms with Crippen molar-refractivity contribution in [2.24, 2.45) is 5.92 Å². The van der Waals surface area contributed by atoms with E-state index in [1.165, 1.54) is 0 Å². The molecule has 0 spiro atoms. The van der Waals surface area contributed by atoms with Crippen LogP contribution in [0.2, 0.25) is 0 Å². The molecular weight excluding hydrogens is 266 g/mol. The highest BCUT2D eigenvalue weighted by atomic mass is 16.7. The van der Waals surface area contributed by atoms with Gasteiger partial charge < -0.3 is 19.5 Å². The van der Waals surface area contributed by atoms with Gasteiger partial charge in [-0.05, 0) is 36.6 Å². The summed E-state index contributed by atoms with van der Waals surface area (Å²) in [6.45, 7) is 9.51. The summed E-state index contributed by atoms with van der Waals surface area (Å²) >= 11 is 0. The number of nitrogens with one attached hydrogen (secondary N) is 1. The minimum atomic E-state index is 0.263. The third-order valence-corrected chi connectivity index (χ3v) is 3.46. The van der Waals surface area contributed by atoms with Crippen LogP contribution >= 0.6 is 0 Å². The van der Waals surface area contributed by atoms with Crippen molar-refractivity contribution in [3.63, 3.8) is 0 Å². The average molecular weight is 293 g/mol. The molecule has 1 heterocycles. The van der Waals surface area contributed by atoms with Crippen molar-refractivity contribution in [3.8, 4) is 11.5 Å². The van der Waals surface area contributed by atoms with Crippen LogP contribution in [0, 0.1) is 5.92 Å². The summed E-state index contributed by atoms with van der Waals surface area (Å²) in [5.74, 6) is 2.31. The molecule has 0 saturated carbocycles. The number of ether oxygens (including phenoxy) is 3. The summed E-state index contributed by atoms with van der Waals surface area (Å²) in [5.41, 5.74) is 1.13. The lowest BCUT2D eigenvalue weighted by Gasteiger charge is -2.19. The van der Waals surface area contributed by atoms with Crippen molar-refractivity contribution < 1.29 is 14.2 Å². The normalized spacial score (nSPS) is 14.7. The first-order valence-electron chi connectivity index (χ1n) is 7.90. The Morgan fingerprint density at radius 1 is 1.19 bits per heavy atom. The molecule has 1 aromatic rings. The predicted molar refractivity (Wildman–Crippen MR) is 83.8 cm³/mol. The second-order valence-corrected chi connectivity index (χ2v) is 5.96. The lowest BCUT2D eigenvalue weighted by atomic mass is 10.1. The molecule has 1 aliphatic rings. The highest BCUT2D eigenvalue weighted by Gasteiger charge is 2.14. The molecule has 0 aromatic heterocycles. The van der Waals surface area contributed by atoms with Crippen LogP contribution in [0.1, 0.15) is 39.2 Å². The molecule has 0 bridgehead atoms. The zero-order chi connectivity index (χ0) is 15.1. The van der Waals surface area contributed by atoms with E-state index in [1.807, 2.05) is 18.2 Å². The van der Waals surface area contributed by atoms with Gasteiger partial charge in [-0.15, -0.1) is 0 Å². The summed E-state index contributed by atoms with van der Waals surface area (Å²) in [6.07, 6.45) is 2.48. The maximum Gasteiger partial charge on any atom is 0.231 e. The average Bonchev–Trinajstić information content (AvgIpc) is 2.91. The largest absolute Gasteiger partial charge is 0.454 e. The van der Waals surface area contributed by atoms with Crippen LogP contribution in [0.15, 0.2) is 18.2 Å². The topological polar surface area (TPSA) is 39.7 Å². The third-order valence-electron chi connectivity index (χ3n) is 3.46. The van der Waals surface area contributed by atoms with Gasteiger partial charge in [0.25, 0.3) is 0 Å². The third kappa shape index (κ3) is 5.21. The first kappa shape index (κ1) is 16.1. The number of hydrogen-bond donors (Lipinski definition) is 1. The van der Waals surface area contributed by atoms with Crippen LogP contribution in [0.5, 0.6) is 11.5 Å². The fraction of sp³-hybridized carbons (Fsp3) is 0.647. The van der Waals surface area contributed by atoms with E-state index in [2.05, 4.69) is 26.1 Å². The molecule has 118 valence electrons. The van der Waals surface area contributed by atoms with Crippen LogP contribution in [0.3, 0.4) is 0 Å². The molecule has 0 amide bonds. The lowest BCUT2D eigenvalue weighted by Crippen LogP contribution is -2.31. The SMILES string of the molecule is CCCC(CNCC(C)C)OCc1ccc2c(c1)OCO2. The van der Waals surface area contributed by atoms with Crippen LogP contribution in [-0.4, -0.2) is 26.0 Å². The maximum atomic E-state index is 6.05. The minimum Gasteiger partial charge on any atom is -0.454 e. The van der Waals surface area contributed by atoms with E-state index in [4.69, 9.17) is 14.2 Å². The summed E-state index contributed by atoms with van der Waals surface area (Å²) in [6, 6.07) is 6.00. The van der Waals surface area contributed by atoms with Crippen molar-refractivity contribution in [2.75, 3.05) is 19.9 Å². The maximum absolute atomic E-state index is 6.05. The fourth-order valence-corrected chi connectivity index (χ4v) is 2.34. The Kier molecular flexibility index (Phi) is 6.33. The molecule has 1 aromatic carbocycles. The first-order chi connectivity index (χ1) is 10.2. The van der Waals surface area contributed by atoms with E-state index in [0.29, 0.717) is 19.3 Å². The molecule has 4 nitrogen and oxygen atoms in total. The molecule has 1 N–H and O–H groups in total. The van der Waals surface area contributed by atoms with E-state index in [0.717, 1.165) is 43.0 Å². The van der Waals surface area contributed by atoms with Crippen LogP contribution in [-0.2, 0) is 11.3 Å². The predicted octanol–water partition coefficient (Wildman–Crippen LogP) is 3.35. The van der Waals surface area contributed by atoms with Crippen molar-refractivity contribution in [1.29, 1.82) is 0 Å². The van der Waals surface area contributed by atoms with Crippen LogP contribution in [0.4, 0.5) is 0 Å². The Balaban J connectivity index is 1.80. The molecule has 0 saturated heterocycles. The van der Waals surface area contributed by atoms with Crippen LogP contribution in [0.25, 0.3) is 0 Å². The molecule has 0 fully saturated rings. The van der Waals surface area contributed by atoms with Gasteiger partial charge in [0.2, 0.25) is 6.79 Å².